The first kappa shape index (κ1) is 31.6. The summed E-state index contributed by atoms with van der Waals surface area (Å²) in [5, 5.41) is 2.07. The number of nitrogens with zero attached hydrogens (tertiary/aromatic N) is 2. The molecular formula is C26H25ClF3N3O7S2. The second-order valence-corrected chi connectivity index (χ2v) is 13.1. The Morgan fingerprint density at radius 1 is 1.02 bits per heavy atom. The van der Waals surface area contributed by atoms with Crippen LogP contribution in [0.3, 0.4) is 0 Å². The normalized spacial score (nSPS) is 14.8. The van der Waals surface area contributed by atoms with Gasteiger partial charge >= 0.3 is 6.18 Å². The van der Waals surface area contributed by atoms with E-state index in [9.17, 15) is 34.8 Å². The minimum absolute atomic E-state index is 0.00326. The molecule has 4 rings (SSSR count). The average molecular weight is 648 g/mol. The monoisotopic (exact) mass is 647 g/mol. The molecule has 0 unspecified atom stereocenters. The molecule has 16 heteroatoms. The Labute approximate surface area is 245 Å². The molecule has 1 fully saturated rings. The van der Waals surface area contributed by atoms with Gasteiger partial charge in [-0.3, -0.25) is 9.10 Å². The van der Waals surface area contributed by atoms with Crippen molar-refractivity contribution in [1.82, 2.24) is 4.31 Å². The summed E-state index contributed by atoms with van der Waals surface area (Å²) >= 11 is 6.16. The number of hydrogen-bond donors (Lipinski definition) is 1. The van der Waals surface area contributed by atoms with Crippen molar-refractivity contribution in [3.8, 4) is 5.75 Å². The molecule has 10 nitrogen and oxygen atoms in total. The first-order valence-electron chi connectivity index (χ1n) is 12.3. The molecule has 0 spiro atoms. The summed E-state index contributed by atoms with van der Waals surface area (Å²) in [5.74, 6) is -0.980. The van der Waals surface area contributed by atoms with Crippen LogP contribution in [-0.2, 0) is 35.8 Å². The van der Waals surface area contributed by atoms with Crippen molar-refractivity contribution in [2.45, 2.75) is 16.0 Å². The number of hydrogen-bond acceptors (Lipinski definition) is 7. The highest BCUT2D eigenvalue weighted by Gasteiger charge is 2.35. The number of benzene rings is 3. The average Bonchev–Trinajstić information content (AvgIpc) is 2.96. The van der Waals surface area contributed by atoms with Crippen LogP contribution >= 0.6 is 11.6 Å². The van der Waals surface area contributed by atoms with Gasteiger partial charge in [0.15, 0.2) is 0 Å². The molecular weight excluding hydrogens is 623 g/mol. The summed E-state index contributed by atoms with van der Waals surface area (Å²) in [6, 6.07) is 12.7. The Balaban J connectivity index is 1.70. The molecule has 0 aliphatic carbocycles. The van der Waals surface area contributed by atoms with Gasteiger partial charge in [0.1, 0.15) is 17.2 Å². The fourth-order valence-electron chi connectivity index (χ4n) is 4.11. The Morgan fingerprint density at radius 2 is 1.69 bits per heavy atom. The quantitative estimate of drug-likeness (QED) is 0.369. The summed E-state index contributed by atoms with van der Waals surface area (Å²) < 4.78 is 106. The van der Waals surface area contributed by atoms with E-state index in [4.69, 9.17) is 21.1 Å². The zero-order valence-corrected chi connectivity index (χ0v) is 24.4. The molecule has 0 saturated carbocycles. The summed E-state index contributed by atoms with van der Waals surface area (Å²) in [4.78, 5) is 12.6. The zero-order valence-electron chi connectivity index (χ0n) is 22.0. The lowest BCUT2D eigenvalue weighted by Crippen LogP contribution is -2.40. The smallest absolute Gasteiger partial charge is 0.416 e. The van der Waals surface area contributed by atoms with E-state index in [1.165, 1.54) is 47.8 Å². The summed E-state index contributed by atoms with van der Waals surface area (Å²) in [6.07, 6.45) is -4.82. The maximum Gasteiger partial charge on any atom is 0.416 e. The number of carbonyl (C=O) groups excluding carboxylic acids is 1. The third-order valence-electron chi connectivity index (χ3n) is 6.20. The number of anilines is 2. The van der Waals surface area contributed by atoms with E-state index in [-0.39, 0.29) is 52.6 Å². The summed E-state index contributed by atoms with van der Waals surface area (Å²) in [5.41, 5.74) is -1.78. The highest BCUT2D eigenvalue weighted by molar-refractivity contribution is 7.93. The highest BCUT2D eigenvalue weighted by Crippen LogP contribution is 2.37. The maximum absolute atomic E-state index is 13.6. The van der Waals surface area contributed by atoms with Crippen LogP contribution in [-0.4, -0.2) is 67.0 Å². The van der Waals surface area contributed by atoms with Gasteiger partial charge in [0, 0.05) is 18.8 Å². The molecule has 3 aromatic carbocycles. The molecule has 1 aliphatic heterocycles. The molecule has 0 atom stereocenters. The fourth-order valence-corrected chi connectivity index (χ4v) is 7.42. The van der Waals surface area contributed by atoms with E-state index >= 15 is 0 Å². The van der Waals surface area contributed by atoms with Crippen LogP contribution in [0.4, 0.5) is 24.5 Å². The number of methoxy groups -OCH3 is 1. The van der Waals surface area contributed by atoms with Gasteiger partial charge in [-0.25, -0.2) is 16.8 Å². The van der Waals surface area contributed by atoms with Gasteiger partial charge in [-0.2, -0.15) is 17.5 Å². The molecule has 1 amide bonds. The molecule has 0 radical (unpaired) electrons. The number of alkyl halides is 3. The number of amides is 1. The highest BCUT2D eigenvalue weighted by atomic mass is 35.5. The van der Waals surface area contributed by atoms with Crippen molar-refractivity contribution >= 4 is 48.9 Å². The van der Waals surface area contributed by atoms with Crippen molar-refractivity contribution in [2.24, 2.45) is 0 Å². The standard InChI is InChI=1S/C26H25ClF3N3O7S2/c1-39-23-10-8-19(16-24(23)42(37,38)32-11-13-40-14-12-32)31-25(34)17-33(41(35,36)20-5-3-2-4-6-20)22-15-18(26(28,29)30)7-9-21(22)27/h2-10,15-16H,11-14,17H2,1H3,(H,31,34). The topological polar surface area (TPSA) is 122 Å². The first-order chi connectivity index (χ1) is 19.7. The van der Waals surface area contributed by atoms with Crippen LogP contribution in [0, 0.1) is 0 Å². The Morgan fingerprint density at radius 3 is 2.31 bits per heavy atom. The second-order valence-electron chi connectivity index (χ2n) is 8.92. The third-order valence-corrected chi connectivity index (χ3v) is 10.2. The lowest BCUT2D eigenvalue weighted by molar-refractivity contribution is -0.137. The second kappa shape index (κ2) is 12.5. The molecule has 3 aromatic rings. The molecule has 1 N–H and O–H groups in total. The van der Waals surface area contributed by atoms with Crippen LogP contribution in [0.25, 0.3) is 0 Å². The van der Waals surface area contributed by atoms with E-state index in [2.05, 4.69) is 5.32 Å². The number of halogens is 4. The molecule has 42 heavy (non-hydrogen) atoms. The van der Waals surface area contributed by atoms with Gasteiger partial charge in [-0.05, 0) is 48.5 Å². The van der Waals surface area contributed by atoms with E-state index in [1.807, 2.05) is 0 Å². The third kappa shape index (κ3) is 6.81. The largest absolute Gasteiger partial charge is 0.495 e. The Bertz CT molecular complexity index is 1670. The number of ether oxygens (including phenoxy) is 2. The minimum Gasteiger partial charge on any atom is -0.495 e. The van der Waals surface area contributed by atoms with Crippen molar-refractivity contribution in [2.75, 3.05) is 49.6 Å². The molecule has 1 saturated heterocycles. The van der Waals surface area contributed by atoms with E-state index < -0.39 is 49.9 Å². The summed E-state index contributed by atoms with van der Waals surface area (Å²) in [7, 11) is -7.39. The molecule has 1 aliphatic rings. The molecule has 0 aromatic heterocycles. The van der Waals surface area contributed by atoms with Crippen molar-refractivity contribution in [3.63, 3.8) is 0 Å². The number of carbonyl (C=O) groups is 1. The van der Waals surface area contributed by atoms with Crippen molar-refractivity contribution in [1.29, 1.82) is 0 Å². The van der Waals surface area contributed by atoms with Crippen molar-refractivity contribution < 1.29 is 44.3 Å². The number of rotatable bonds is 9. The first-order valence-corrected chi connectivity index (χ1v) is 15.5. The number of nitrogens with one attached hydrogen (secondary N) is 1. The number of sulfonamides is 2. The zero-order chi connectivity index (χ0) is 30.7. The predicted molar refractivity (Wildman–Crippen MR) is 149 cm³/mol. The number of morpholine rings is 1. The fraction of sp³-hybridized carbons (Fsp3) is 0.269. The maximum atomic E-state index is 13.6. The van der Waals surface area contributed by atoms with Gasteiger partial charge in [-0.15, -0.1) is 0 Å². The Kier molecular flexibility index (Phi) is 9.37. The van der Waals surface area contributed by atoms with Gasteiger partial charge < -0.3 is 14.8 Å². The van der Waals surface area contributed by atoms with E-state index in [0.29, 0.717) is 16.4 Å². The van der Waals surface area contributed by atoms with Gasteiger partial charge in [0.05, 0.1) is 41.5 Å². The van der Waals surface area contributed by atoms with Gasteiger partial charge in [0.2, 0.25) is 15.9 Å². The summed E-state index contributed by atoms with van der Waals surface area (Å²) in [6.45, 7) is -0.391. The lowest BCUT2D eigenvalue weighted by atomic mass is 10.2. The van der Waals surface area contributed by atoms with Gasteiger partial charge in [0.25, 0.3) is 10.0 Å². The van der Waals surface area contributed by atoms with Crippen molar-refractivity contribution in [3.05, 3.63) is 77.3 Å². The van der Waals surface area contributed by atoms with Crippen LogP contribution in [0.5, 0.6) is 5.75 Å². The van der Waals surface area contributed by atoms with Crippen LogP contribution in [0.1, 0.15) is 5.56 Å². The van der Waals surface area contributed by atoms with Crippen LogP contribution < -0.4 is 14.4 Å². The van der Waals surface area contributed by atoms with Crippen LogP contribution in [0.2, 0.25) is 5.02 Å². The molecule has 1 heterocycles. The molecule has 226 valence electrons. The van der Waals surface area contributed by atoms with Gasteiger partial charge in [-0.1, -0.05) is 29.8 Å². The van der Waals surface area contributed by atoms with E-state index in [1.54, 1.807) is 6.07 Å². The Hall–Kier alpha value is -3.37. The minimum atomic E-state index is -4.82. The SMILES string of the molecule is COc1ccc(NC(=O)CN(c2cc(C(F)(F)F)ccc2Cl)S(=O)(=O)c2ccccc2)cc1S(=O)(=O)N1CCOCC1. The molecule has 0 bridgehead atoms. The van der Waals surface area contributed by atoms with Crippen LogP contribution in [0.15, 0.2) is 76.5 Å². The van der Waals surface area contributed by atoms with E-state index in [0.717, 1.165) is 12.1 Å². The predicted octanol–water partition coefficient (Wildman–Crippen LogP) is 4.22. The lowest BCUT2D eigenvalue weighted by Gasteiger charge is -2.27.